The minimum absolute atomic E-state index is 0.0115. The first kappa shape index (κ1) is 28.3. The Morgan fingerprint density at radius 2 is 1.57 bits per heavy atom. The molecule has 4 aromatic rings. The third kappa shape index (κ3) is 5.96. The Kier molecular flexibility index (Phi) is 7.64. The van der Waals surface area contributed by atoms with E-state index in [9.17, 15) is 37.5 Å². The molecule has 0 atom stereocenters. The molecule has 4 rings (SSSR count). The van der Waals surface area contributed by atoms with Gasteiger partial charge in [0.25, 0.3) is 5.91 Å². The van der Waals surface area contributed by atoms with Crippen LogP contribution in [0.15, 0.2) is 57.5 Å². The number of carboxylic acids is 1. The van der Waals surface area contributed by atoms with Gasteiger partial charge in [0.15, 0.2) is 0 Å². The summed E-state index contributed by atoms with van der Waals surface area (Å²) in [5, 5.41) is 20.5. The van der Waals surface area contributed by atoms with Crippen molar-refractivity contribution in [2.24, 2.45) is 0 Å². The fraction of sp³-hybridized carbons (Fsp3) is 0.115. The van der Waals surface area contributed by atoms with Crippen molar-refractivity contribution < 1.29 is 42.0 Å². The van der Waals surface area contributed by atoms with Crippen LogP contribution in [0.4, 0.5) is 30.2 Å². The Hall–Kier alpha value is -4.72. The maximum absolute atomic E-state index is 14.1. The Morgan fingerprint density at radius 3 is 2.20 bits per heavy atom. The van der Waals surface area contributed by atoms with Crippen LogP contribution in [-0.2, 0) is 15.8 Å². The van der Waals surface area contributed by atoms with E-state index < -0.39 is 35.4 Å². The number of carboxylic acid groups (broad SMARTS) is 1. The van der Waals surface area contributed by atoms with Crippen molar-refractivity contribution in [2.75, 3.05) is 16.0 Å². The Morgan fingerprint density at radius 1 is 0.875 bits per heavy atom. The zero-order valence-electron chi connectivity index (χ0n) is 20.6. The summed E-state index contributed by atoms with van der Waals surface area (Å²) < 4.78 is 47.8. The van der Waals surface area contributed by atoms with E-state index in [1.54, 1.807) is 0 Å². The van der Waals surface area contributed by atoms with E-state index in [2.05, 4.69) is 37.0 Å². The van der Waals surface area contributed by atoms with Crippen LogP contribution >= 0.6 is 15.9 Å². The van der Waals surface area contributed by atoms with Gasteiger partial charge in [-0.3, -0.25) is 14.4 Å². The molecule has 0 aliphatic heterocycles. The minimum atomic E-state index is -4.84. The number of fused-ring (bicyclic) bond motifs is 1. The Bertz CT molecular complexity index is 1700. The van der Waals surface area contributed by atoms with Crippen molar-refractivity contribution in [2.45, 2.75) is 20.0 Å². The lowest BCUT2D eigenvalue weighted by molar-refractivity contribution is -0.137. The molecule has 0 saturated carbocycles. The summed E-state index contributed by atoms with van der Waals surface area (Å²) in [6.45, 7) is 2.31. The van der Waals surface area contributed by atoms with E-state index in [0.29, 0.717) is 4.47 Å². The van der Waals surface area contributed by atoms with E-state index in [4.69, 9.17) is 4.52 Å². The van der Waals surface area contributed by atoms with Gasteiger partial charge in [0.1, 0.15) is 5.52 Å². The molecule has 206 valence electrons. The lowest BCUT2D eigenvalue weighted by atomic mass is 9.95. The molecule has 1 aromatic heterocycles. The third-order valence-electron chi connectivity index (χ3n) is 5.53. The van der Waals surface area contributed by atoms with E-state index >= 15 is 0 Å². The maximum atomic E-state index is 14.1. The largest absolute Gasteiger partial charge is 0.478 e. The average molecular weight is 619 g/mol. The van der Waals surface area contributed by atoms with Crippen LogP contribution in [0, 0.1) is 0 Å². The van der Waals surface area contributed by atoms with Crippen LogP contribution in [0.3, 0.4) is 0 Å². The van der Waals surface area contributed by atoms with Crippen molar-refractivity contribution in [1.29, 1.82) is 0 Å². The van der Waals surface area contributed by atoms with Crippen molar-refractivity contribution in [1.82, 2.24) is 5.16 Å². The van der Waals surface area contributed by atoms with Crippen molar-refractivity contribution >= 4 is 67.6 Å². The zero-order valence-corrected chi connectivity index (χ0v) is 22.2. The number of anilines is 3. The van der Waals surface area contributed by atoms with Gasteiger partial charge >= 0.3 is 12.1 Å². The van der Waals surface area contributed by atoms with Crippen molar-refractivity contribution in [3.63, 3.8) is 0 Å². The highest BCUT2D eigenvalue weighted by Crippen LogP contribution is 2.42. The molecular weight excluding hydrogens is 601 g/mol. The van der Waals surface area contributed by atoms with E-state index in [1.807, 2.05) is 0 Å². The van der Waals surface area contributed by atoms with Gasteiger partial charge in [-0.05, 0) is 48.0 Å². The van der Waals surface area contributed by atoms with E-state index in [-0.39, 0.29) is 50.4 Å². The summed E-state index contributed by atoms with van der Waals surface area (Å²) in [6, 6.07) is 9.77. The molecule has 0 unspecified atom stereocenters. The van der Waals surface area contributed by atoms with Crippen LogP contribution in [0.1, 0.15) is 40.3 Å². The topological polar surface area (TPSA) is 151 Å². The van der Waals surface area contributed by atoms with Crippen LogP contribution in [0.5, 0.6) is 0 Å². The first-order valence-electron chi connectivity index (χ1n) is 11.3. The van der Waals surface area contributed by atoms with Crippen molar-refractivity contribution in [3.8, 4) is 11.1 Å². The molecule has 0 fully saturated rings. The number of nitrogens with one attached hydrogen (secondary N) is 3. The molecule has 0 aliphatic carbocycles. The Balaban J connectivity index is 1.84. The third-order valence-corrected chi connectivity index (χ3v) is 6.02. The van der Waals surface area contributed by atoms with Crippen LogP contribution < -0.4 is 16.0 Å². The summed E-state index contributed by atoms with van der Waals surface area (Å²) in [7, 11) is 0. The van der Waals surface area contributed by atoms with Gasteiger partial charge < -0.3 is 25.6 Å². The van der Waals surface area contributed by atoms with Gasteiger partial charge in [-0.15, -0.1) is 0 Å². The first-order valence-corrected chi connectivity index (χ1v) is 12.1. The van der Waals surface area contributed by atoms with Gasteiger partial charge in [-0.1, -0.05) is 27.2 Å². The summed E-state index contributed by atoms with van der Waals surface area (Å²) in [5.41, 5.74) is -1.93. The monoisotopic (exact) mass is 618 g/mol. The van der Waals surface area contributed by atoms with Crippen molar-refractivity contribution in [3.05, 3.63) is 69.9 Å². The molecule has 3 aromatic carbocycles. The molecule has 1 heterocycles. The van der Waals surface area contributed by atoms with Crippen LogP contribution in [0.2, 0.25) is 0 Å². The number of benzene rings is 3. The molecule has 0 bridgehead atoms. The fourth-order valence-electron chi connectivity index (χ4n) is 3.95. The SMILES string of the molecule is CC(=O)Nc1ccc(-c2cc3noc(C(=O)Nc4ccc(Br)cc4C(=O)O)c3cc2NC(C)=O)c(C(F)(F)F)c1. The molecule has 14 heteroatoms. The Labute approximate surface area is 231 Å². The second-order valence-electron chi connectivity index (χ2n) is 8.50. The van der Waals surface area contributed by atoms with Gasteiger partial charge in [0.05, 0.1) is 22.2 Å². The lowest BCUT2D eigenvalue weighted by Gasteiger charge is -2.18. The lowest BCUT2D eigenvalue weighted by Crippen LogP contribution is -2.15. The molecule has 0 saturated heterocycles. The summed E-state index contributed by atoms with van der Waals surface area (Å²) >= 11 is 3.16. The number of rotatable bonds is 6. The van der Waals surface area contributed by atoms with Gasteiger partial charge in [0.2, 0.25) is 17.6 Å². The molecule has 0 radical (unpaired) electrons. The van der Waals surface area contributed by atoms with Gasteiger partial charge in [0, 0.05) is 35.3 Å². The predicted octanol–water partition coefficient (Wildman–Crippen LogP) is 6.14. The summed E-state index contributed by atoms with van der Waals surface area (Å²) in [5.74, 6) is -3.73. The minimum Gasteiger partial charge on any atom is -0.478 e. The summed E-state index contributed by atoms with van der Waals surface area (Å²) in [6.07, 6.45) is -4.84. The number of aromatic nitrogens is 1. The summed E-state index contributed by atoms with van der Waals surface area (Å²) in [4.78, 5) is 48.0. The second kappa shape index (κ2) is 10.8. The standard InChI is InChI=1S/C26H18BrF3N4O6/c1-11(35)31-14-4-5-15(19(8-14)26(28,29)30)16-9-22-17(10-21(16)32-12(2)36)23(40-34-22)24(37)33-20-6-3-13(27)7-18(20)25(38)39/h3-10H,1-2H3,(H,31,35)(H,32,36)(H,33,37)(H,38,39). The highest BCUT2D eigenvalue weighted by Gasteiger charge is 2.35. The second-order valence-corrected chi connectivity index (χ2v) is 9.41. The quantitative estimate of drug-likeness (QED) is 0.202. The fourth-order valence-corrected chi connectivity index (χ4v) is 4.31. The smallest absolute Gasteiger partial charge is 0.417 e. The highest BCUT2D eigenvalue weighted by atomic mass is 79.9. The number of alkyl halides is 3. The molecule has 3 amide bonds. The zero-order chi connectivity index (χ0) is 29.4. The molecule has 0 spiro atoms. The average Bonchev–Trinajstić information content (AvgIpc) is 3.26. The van der Waals surface area contributed by atoms with Gasteiger partial charge in [-0.25, -0.2) is 4.79 Å². The number of hydrogen-bond acceptors (Lipinski definition) is 6. The molecule has 4 N–H and O–H groups in total. The maximum Gasteiger partial charge on any atom is 0.417 e. The highest BCUT2D eigenvalue weighted by molar-refractivity contribution is 9.10. The number of halogens is 4. The number of aromatic carboxylic acids is 1. The van der Waals surface area contributed by atoms with Gasteiger partial charge in [-0.2, -0.15) is 13.2 Å². The number of carbonyl (C=O) groups is 4. The molecule has 40 heavy (non-hydrogen) atoms. The van der Waals surface area contributed by atoms with Crippen LogP contribution in [0.25, 0.3) is 22.0 Å². The number of hydrogen-bond donors (Lipinski definition) is 4. The van der Waals surface area contributed by atoms with E-state index in [1.165, 1.54) is 36.4 Å². The predicted molar refractivity (Wildman–Crippen MR) is 142 cm³/mol. The number of carbonyl (C=O) groups excluding carboxylic acids is 3. The molecular formula is C26H18BrF3N4O6. The molecule has 10 nitrogen and oxygen atoms in total. The van der Waals surface area contributed by atoms with E-state index in [0.717, 1.165) is 26.0 Å². The first-order chi connectivity index (χ1) is 18.7. The molecule has 0 aliphatic rings. The normalized spacial score (nSPS) is 11.2. The number of amides is 3. The number of nitrogens with zero attached hydrogens (tertiary/aromatic N) is 1. The van der Waals surface area contributed by atoms with Crippen LogP contribution in [-0.4, -0.2) is 34.0 Å².